The zero-order valence-corrected chi connectivity index (χ0v) is 13.2. The highest BCUT2D eigenvalue weighted by molar-refractivity contribution is 9.10. The first kappa shape index (κ1) is 15.4. The van der Waals surface area contributed by atoms with Crippen LogP contribution < -0.4 is 10.0 Å². The van der Waals surface area contributed by atoms with Crippen LogP contribution >= 0.6 is 15.9 Å². The van der Waals surface area contributed by atoms with Gasteiger partial charge in [-0.3, -0.25) is 4.79 Å². The van der Waals surface area contributed by atoms with Gasteiger partial charge in [-0.25, -0.2) is 13.1 Å². The van der Waals surface area contributed by atoms with Crippen molar-refractivity contribution in [3.05, 3.63) is 28.7 Å². The predicted molar refractivity (Wildman–Crippen MR) is 78.8 cm³/mol. The summed E-state index contributed by atoms with van der Waals surface area (Å²) in [5.41, 5.74) is 0. The third kappa shape index (κ3) is 4.02. The van der Waals surface area contributed by atoms with E-state index in [1.165, 1.54) is 12.1 Å². The van der Waals surface area contributed by atoms with Gasteiger partial charge >= 0.3 is 0 Å². The Morgan fingerprint density at radius 1 is 1.35 bits per heavy atom. The van der Waals surface area contributed by atoms with Crippen molar-refractivity contribution in [3.63, 3.8) is 0 Å². The lowest BCUT2D eigenvalue weighted by Gasteiger charge is -2.27. The number of sulfonamides is 1. The normalized spacial score (nSPS) is 16.1. The topological polar surface area (TPSA) is 78.5 Å². The van der Waals surface area contributed by atoms with Crippen LogP contribution in [0.25, 0.3) is 0 Å². The quantitative estimate of drug-likeness (QED) is 0.800. The molecule has 0 spiro atoms. The maximum atomic E-state index is 12.1. The Kier molecular flexibility index (Phi) is 5.14. The largest absolute Gasteiger partial charge is 0.339 e. The lowest BCUT2D eigenvalue weighted by molar-refractivity contribution is -0.130. The van der Waals surface area contributed by atoms with Gasteiger partial charge in [0.05, 0.1) is 11.4 Å². The van der Waals surface area contributed by atoms with Crippen molar-refractivity contribution in [3.8, 4) is 0 Å². The average molecular weight is 362 g/mol. The van der Waals surface area contributed by atoms with E-state index >= 15 is 0 Å². The summed E-state index contributed by atoms with van der Waals surface area (Å²) in [7, 11) is -3.66. The van der Waals surface area contributed by atoms with Crippen LogP contribution in [0.2, 0.25) is 0 Å². The summed E-state index contributed by atoms with van der Waals surface area (Å²) in [6.07, 6.45) is 0. The van der Waals surface area contributed by atoms with Crippen molar-refractivity contribution >= 4 is 31.9 Å². The second kappa shape index (κ2) is 6.66. The molecule has 1 fully saturated rings. The minimum Gasteiger partial charge on any atom is -0.339 e. The number of carbonyl (C=O) groups excluding carboxylic acids is 1. The van der Waals surface area contributed by atoms with E-state index in [9.17, 15) is 13.2 Å². The molecule has 8 heteroatoms. The van der Waals surface area contributed by atoms with Crippen molar-refractivity contribution in [1.82, 2.24) is 14.9 Å². The van der Waals surface area contributed by atoms with Gasteiger partial charge in [0.25, 0.3) is 0 Å². The second-order valence-corrected chi connectivity index (χ2v) is 7.10. The maximum absolute atomic E-state index is 12.1. The number of hydrogen-bond donors (Lipinski definition) is 2. The number of halogens is 1. The number of carbonyl (C=O) groups is 1. The molecule has 1 heterocycles. The fourth-order valence-electron chi connectivity index (χ4n) is 1.90. The van der Waals surface area contributed by atoms with E-state index in [1.807, 2.05) is 0 Å². The predicted octanol–water partition coefficient (Wildman–Crippen LogP) is 0.159. The van der Waals surface area contributed by atoms with Crippen LogP contribution in [-0.2, 0) is 14.8 Å². The Bertz CT molecular complexity index is 585. The van der Waals surface area contributed by atoms with Gasteiger partial charge in [-0.2, -0.15) is 0 Å². The molecule has 2 rings (SSSR count). The van der Waals surface area contributed by atoms with E-state index in [0.717, 1.165) is 13.1 Å². The Balaban J connectivity index is 1.97. The molecule has 6 nitrogen and oxygen atoms in total. The third-order valence-corrected chi connectivity index (χ3v) is 4.88. The molecule has 1 aliphatic heterocycles. The number of amides is 1. The van der Waals surface area contributed by atoms with Gasteiger partial charge in [-0.05, 0) is 18.2 Å². The van der Waals surface area contributed by atoms with E-state index < -0.39 is 10.0 Å². The summed E-state index contributed by atoms with van der Waals surface area (Å²) < 4.78 is 27.1. The van der Waals surface area contributed by atoms with Crippen LogP contribution in [0.5, 0.6) is 0 Å². The second-order valence-electron chi connectivity index (χ2n) is 4.41. The molecule has 1 aliphatic rings. The van der Waals surface area contributed by atoms with Gasteiger partial charge in [0.2, 0.25) is 15.9 Å². The van der Waals surface area contributed by atoms with Gasteiger partial charge in [0, 0.05) is 30.7 Å². The van der Waals surface area contributed by atoms with Crippen molar-refractivity contribution < 1.29 is 13.2 Å². The van der Waals surface area contributed by atoms with Crippen LogP contribution in [0.1, 0.15) is 0 Å². The van der Waals surface area contributed by atoms with Gasteiger partial charge in [-0.15, -0.1) is 0 Å². The number of benzene rings is 1. The van der Waals surface area contributed by atoms with Gasteiger partial charge in [0.15, 0.2) is 0 Å². The molecule has 0 aromatic heterocycles. The summed E-state index contributed by atoms with van der Waals surface area (Å²) in [5, 5.41) is 3.14. The number of rotatable bonds is 4. The minimum absolute atomic E-state index is 0.139. The first-order valence-electron chi connectivity index (χ1n) is 6.23. The molecular formula is C12H16BrN3O3S. The molecule has 1 saturated heterocycles. The SMILES string of the molecule is O=C(CNS(=O)(=O)c1cccc(Br)c1)N1CCNCC1. The summed E-state index contributed by atoms with van der Waals surface area (Å²) in [5.74, 6) is -0.204. The van der Waals surface area contributed by atoms with Crippen LogP contribution in [0, 0.1) is 0 Å². The molecule has 1 aromatic carbocycles. The molecule has 2 N–H and O–H groups in total. The van der Waals surface area contributed by atoms with E-state index in [1.54, 1.807) is 17.0 Å². The van der Waals surface area contributed by atoms with Crippen molar-refractivity contribution in [2.75, 3.05) is 32.7 Å². The highest BCUT2D eigenvalue weighted by atomic mass is 79.9. The molecule has 0 atom stereocenters. The molecule has 1 amide bonds. The third-order valence-electron chi connectivity index (χ3n) is 2.99. The van der Waals surface area contributed by atoms with Crippen LogP contribution in [0.4, 0.5) is 0 Å². The summed E-state index contributed by atoms with van der Waals surface area (Å²) in [4.78, 5) is 13.7. The summed E-state index contributed by atoms with van der Waals surface area (Å²) >= 11 is 3.22. The highest BCUT2D eigenvalue weighted by Gasteiger charge is 2.20. The maximum Gasteiger partial charge on any atom is 0.241 e. The van der Waals surface area contributed by atoms with Crippen molar-refractivity contribution in [1.29, 1.82) is 0 Å². The highest BCUT2D eigenvalue weighted by Crippen LogP contribution is 2.15. The Morgan fingerprint density at radius 3 is 2.70 bits per heavy atom. The minimum atomic E-state index is -3.66. The molecule has 0 radical (unpaired) electrons. The average Bonchev–Trinajstić information content (AvgIpc) is 2.46. The Hall–Kier alpha value is -0.960. The molecule has 0 bridgehead atoms. The smallest absolute Gasteiger partial charge is 0.241 e. The lowest BCUT2D eigenvalue weighted by atomic mass is 10.3. The van der Waals surface area contributed by atoms with Gasteiger partial charge in [0.1, 0.15) is 0 Å². The number of piperazine rings is 1. The van der Waals surface area contributed by atoms with E-state index in [-0.39, 0.29) is 17.3 Å². The first-order chi connectivity index (χ1) is 9.49. The van der Waals surface area contributed by atoms with E-state index in [0.29, 0.717) is 17.6 Å². The first-order valence-corrected chi connectivity index (χ1v) is 8.50. The zero-order valence-electron chi connectivity index (χ0n) is 10.8. The molecule has 0 unspecified atom stereocenters. The van der Waals surface area contributed by atoms with E-state index in [4.69, 9.17) is 0 Å². The molecule has 0 aliphatic carbocycles. The standard InChI is InChI=1S/C12H16BrN3O3S/c13-10-2-1-3-11(8-10)20(18,19)15-9-12(17)16-6-4-14-5-7-16/h1-3,8,14-15H,4-7,9H2. The molecule has 0 saturated carbocycles. The molecule has 110 valence electrons. The number of hydrogen-bond acceptors (Lipinski definition) is 4. The van der Waals surface area contributed by atoms with Gasteiger partial charge < -0.3 is 10.2 Å². The van der Waals surface area contributed by atoms with Crippen molar-refractivity contribution in [2.45, 2.75) is 4.90 Å². The zero-order chi connectivity index (χ0) is 14.6. The van der Waals surface area contributed by atoms with Crippen LogP contribution in [0.15, 0.2) is 33.6 Å². The fourth-order valence-corrected chi connectivity index (χ4v) is 3.47. The van der Waals surface area contributed by atoms with Crippen LogP contribution in [0.3, 0.4) is 0 Å². The van der Waals surface area contributed by atoms with E-state index in [2.05, 4.69) is 26.0 Å². The molecule has 20 heavy (non-hydrogen) atoms. The number of nitrogens with zero attached hydrogens (tertiary/aromatic N) is 1. The van der Waals surface area contributed by atoms with Crippen molar-refractivity contribution in [2.24, 2.45) is 0 Å². The fraction of sp³-hybridized carbons (Fsp3) is 0.417. The number of nitrogens with one attached hydrogen (secondary N) is 2. The Morgan fingerprint density at radius 2 is 2.05 bits per heavy atom. The summed E-state index contributed by atoms with van der Waals surface area (Å²) in [6.45, 7) is 2.48. The monoisotopic (exact) mass is 361 g/mol. The van der Waals surface area contributed by atoms with Gasteiger partial charge in [-0.1, -0.05) is 22.0 Å². The lowest BCUT2D eigenvalue weighted by Crippen LogP contribution is -2.49. The molecular weight excluding hydrogens is 346 g/mol. The Labute approximate surface area is 126 Å². The van der Waals surface area contributed by atoms with Crippen LogP contribution in [-0.4, -0.2) is 51.9 Å². The summed E-state index contributed by atoms with van der Waals surface area (Å²) in [6, 6.07) is 6.36. The molecule has 1 aromatic rings.